The van der Waals surface area contributed by atoms with E-state index < -0.39 is 40.0 Å². The Kier molecular flexibility index (Phi) is 30.2. The van der Waals surface area contributed by atoms with E-state index in [0.29, 0.717) is 12.8 Å². The second kappa shape index (κ2) is 31.6. The third-order valence-electron chi connectivity index (χ3n) is 7.76. The summed E-state index contributed by atoms with van der Waals surface area (Å²) in [7, 11) is -4.47. The van der Waals surface area contributed by atoms with Crippen LogP contribution in [0.2, 0.25) is 0 Å². The van der Waals surface area contributed by atoms with E-state index in [9.17, 15) is 28.0 Å². The molecule has 0 aliphatic rings. The molecule has 0 aromatic rings. The summed E-state index contributed by atoms with van der Waals surface area (Å²) in [5.41, 5.74) is 0. The molecule has 0 aromatic carbocycles. The van der Waals surface area contributed by atoms with Gasteiger partial charge in [-0.25, -0.2) is 0 Å². The first-order valence-corrected chi connectivity index (χ1v) is 19.7. The van der Waals surface area contributed by atoms with Crippen LogP contribution in [-0.2, 0) is 14.9 Å². The zero-order chi connectivity index (χ0) is 34.1. The maximum Gasteiger partial charge on any atom is 0.267 e. The Hall–Kier alpha value is -2.00. The number of aliphatic hydroxyl groups excluding tert-OH is 2. The molecule has 0 bridgehead atoms. The van der Waals surface area contributed by atoms with E-state index in [1.807, 2.05) is 6.08 Å². The van der Waals surface area contributed by atoms with Crippen molar-refractivity contribution in [3.8, 4) is 0 Å². The normalized spacial score (nSPS) is 14.8. The Morgan fingerprint density at radius 1 is 0.609 bits per heavy atom. The molecule has 3 atom stereocenters. The molecule has 0 radical (unpaired) electrons. The molecule has 8 heteroatoms. The van der Waals surface area contributed by atoms with Crippen LogP contribution in [0.15, 0.2) is 60.8 Å². The average Bonchev–Trinajstić information content (AvgIpc) is 3.01. The molecule has 0 rings (SSSR count). The molecular weight excluding hydrogens is 598 g/mol. The monoisotopic (exact) mass is 665 g/mol. The molecule has 0 saturated heterocycles. The summed E-state index contributed by atoms with van der Waals surface area (Å²) >= 11 is 0. The highest BCUT2D eigenvalue weighted by atomic mass is 32.2. The van der Waals surface area contributed by atoms with Crippen molar-refractivity contribution < 1.29 is 28.0 Å². The number of carbonyl (C=O) groups excluding carboxylic acids is 1. The molecule has 3 unspecified atom stereocenters. The molecule has 4 N–H and O–H groups in total. The summed E-state index contributed by atoms with van der Waals surface area (Å²) < 4.78 is 32.3. The fourth-order valence-corrected chi connectivity index (χ4v) is 5.67. The summed E-state index contributed by atoms with van der Waals surface area (Å²) in [5.74, 6) is -1.66. The predicted octanol–water partition coefficient (Wildman–Crippen LogP) is 9.09. The molecule has 46 heavy (non-hydrogen) atoms. The third-order valence-corrected chi connectivity index (χ3v) is 8.54. The van der Waals surface area contributed by atoms with E-state index in [2.05, 4.69) is 55.6 Å². The smallest absolute Gasteiger partial charge is 0.267 e. The van der Waals surface area contributed by atoms with Crippen LogP contribution in [0.25, 0.3) is 0 Å². The number of hydrogen-bond donors (Lipinski definition) is 4. The van der Waals surface area contributed by atoms with Crippen LogP contribution in [0.3, 0.4) is 0 Å². The fraction of sp³-hybridized carbons (Fsp3) is 0.711. The van der Waals surface area contributed by atoms with E-state index >= 15 is 0 Å². The lowest BCUT2D eigenvalue weighted by molar-refractivity contribution is -0.130. The first kappa shape index (κ1) is 44.0. The number of nitrogens with one attached hydrogen (secondary N) is 1. The summed E-state index contributed by atoms with van der Waals surface area (Å²) in [6.45, 7) is 4.46. The molecule has 0 aromatic heterocycles. The number of unbranched alkanes of at least 4 members (excludes halogenated alkanes) is 15. The lowest BCUT2D eigenvalue weighted by Gasteiger charge is -2.22. The first-order valence-electron chi connectivity index (χ1n) is 18.1. The second-order valence-corrected chi connectivity index (χ2v) is 13.8. The van der Waals surface area contributed by atoms with Gasteiger partial charge in [-0.2, -0.15) is 8.42 Å². The van der Waals surface area contributed by atoms with Crippen molar-refractivity contribution in [1.82, 2.24) is 5.32 Å². The maximum absolute atomic E-state index is 12.5. The third kappa shape index (κ3) is 30.6. The standard InChI is InChI=1S/C38H67NO6S/c1-3-5-7-9-11-13-15-17-18-19-20-21-23-24-26-28-30-32-36(40)35(34-46(43,44)45)39-38(42)37(41)33-31-29-27-25-22-16-14-12-10-8-6-4-2/h18-19,22-25,29-32,35-37,40-41H,3-17,20-21,26-28,33-34H2,1-2H3,(H,39,42)(H,43,44,45)/b19-18+,24-23+,25-22-,31-29-,32-30+. The van der Waals surface area contributed by atoms with Crippen LogP contribution in [0.5, 0.6) is 0 Å². The summed E-state index contributed by atoms with van der Waals surface area (Å²) in [6, 6.07) is -1.29. The largest absolute Gasteiger partial charge is 0.387 e. The van der Waals surface area contributed by atoms with Crippen LogP contribution in [0, 0.1) is 0 Å². The first-order chi connectivity index (χ1) is 22.2. The van der Waals surface area contributed by atoms with Crippen LogP contribution in [-0.4, -0.2) is 53.1 Å². The molecule has 0 heterocycles. The summed E-state index contributed by atoms with van der Waals surface area (Å²) in [6.07, 6.45) is 40.1. The van der Waals surface area contributed by atoms with Crippen molar-refractivity contribution in [3.05, 3.63) is 60.8 Å². The Morgan fingerprint density at radius 2 is 1.04 bits per heavy atom. The van der Waals surface area contributed by atoms with E-state index in [1.165, 1.54) is 89.5 Å². The van der Waals surface area contributed by atoms with E-state index in [4.69, 9.17) is 0 Å². The average molecular weight is 666 g/mol. The highest BCUT2D eigenvalue weighted by molar-refractivity contribution is 7.85. The van der Waals surface area contributed by atoms with E-state index in [0.717, 1.165) is 32.1 Å². The van der Waals surface area contributed by atoms with E-state index in [-0.39, 0.29) is 6.42 Å². The van der Waals surface area contributed by atoms with Gasteiger partial charge < -0.3 is 15.5 Å². The molecule has 1 amide bonds. The van der Waals surface area contributed by atoms with Crippen molar-refractivity contribution in [2.75, 3.05) is 5.75 Å². The number of rotatable bonds is 31. The number of carbonyl (C=O) groups is 1. The fourth-order valence-electron chi connectivity index (χ4n) is 4.94. The minimum absolute atomic E-state index is 0.0585. The summed E-state index contributed by atoms with van der Waals surface area (Å²) in [5, 5.41) is 23.1. The number of allylic oxidation sites excluding steroid dienone is 8. The molecule has 266 valence electrons. The Morgan fingerprint density at radius 3 is 1.57 bits per heavy atom. The Bertz CT molecular complexity index is 970. The predicted molar refractivity (Wildman–Crippen MR) is 194 cm³/mol. The minimum Gasteiger partial charge on any atom is -0.387 e. The van der Waals surface area contributed by atoms with Gasteiger partial charge in [0, 0.05) is 6.42 Å². The van der Waals surface area contributed by atoms with Crippen molar-refractivity contribution in [2.24, 2.45) is 0 Å². The second-order valence-electron chi connectivity index (χ2n) is 12.3. The van der Waals surface area contributed by atoms with Gasteiger partial charge in [0.2, 0.25) is 5.91 Å². The Balaban J connectivity index is 4.32. The lowest BCUT2D eigenvalue weighted by atomic mass is 10.1. The zero-order valence-corrected chi connectivity index (χ0v) is 29.9. The van der Waals surface area contributed by atoms with Crippen molar-refractivity contribution in [3.63, 3.8) is 0 Å². The van der Waals surface area contributed by atoms with Crippen LogP contribution in [0.1, 0.15) is 149 Å². The van der Waals surface area contributed by atoms with Crippen molar-refractivity contribution in [2.45, 2.75) is 167 Å². The Labute approximate surface area is 282 Å². The van der Waals surface area contributed by atoms with Gasteiger partial charge >= 0.3 is 0 Å². The van der Waals surface area contributed by atoms with Gasteiger partial charge in [-0.05, 0) is 57.8 Å². The van der Waals surface area contributed by atoms with Gasteiger partial charge in [-0.15, -0.1) is 0 Å². The summed E-state index contributed by atoms with van der Waals surface area (Å²) in [4.78, 5) is 12.5. The van der Waals surface area contributed by atoms with Gasteiger partial charge in [0.25, 0.3) is 10.1 Å². The molecule has 0 aliphatic carbocycles. The van der Waals surface area contributed by atoms with E-state index in [1.54, 1.807) is 12.2 Å². The molecule has 0 aliphatic heterocycles. The molecule has 0 fully saturated rings. The van der Waals surface area contributed by atoms with Gasteiger partial charge in [0.05, 0.1) is 17.9 Å². The minimum atomic E-state index is -4.47. The molecule has 7 nitrogen and oxygen atoms in total. The highest BCUT2D eigenvalue weighted by Crippen LogP contribution is 2.10. The zero-order valence-electron chi connectivity index (χ0n) is 29.0. The van der Waals surface area contributed by atoms with Crippen molar-refractivity contribution >= 4 is 16.0 Å². The van der Waals surface area contributed by atoms with Gasteiger partial charge in [0.1, 0.15) is 6.10 Å². The van der Waals surface area contributed by atoms with Crippen LogP contribution >= 0.6 is 0 Å². The van der Waals surface area contributed by atoms with Crippen molar-refractivity contribution in [1.29, 1.82) is 0 Å². The van der Waals surface area contributed by atoms with Gasteiger partial charge in [-0.1, -0.05) is 145 Å². The highest BCUT2D eigenvalue weighted by Gasteiger charge is 2.27. The lowest BCUT2D eigenvalue weighted by Crippen LogP contribution is -2.50. The topological polar surface area (TPSA) is 124 Å². The number of hydrogen-bond acceptors (Lipinski definition) is 5. The molecule has 0 saturated carbocycles. The molecular formula is C38H67NO6S. The van der Waals surface area contributed by atoms with Gasteiger partial charge in [0.15, 0.2) is 0 Å². The number of amides is 1. The maximum atomic E-state index is 12.5. The quantitative estimate of drug-likeness (QED) is 0.0333. The SMILES string of the molecule is CCCCCCCC/C=C\C/C=C\CC(O)C(=O)NC(CS(=O)(=O)O)C(O)/C=C/CC/C=C/CC/C=C/CCCCCCCCC. The number of aliphatic hydroxyl groups is 2. The van der Waals surface area contributed by atoms with Crippen LogP contribution < -0.4 is 5.32 Å². The van der Waals surface area contributed by atoms with Crippen LogP contribution in [0.4, 0.5) is 0 Å². The van der Waals surface area contributed by atoms with Gasteiger partial charge in [-0.3, -0.25) is 9.35 Å². The molecule has 0 spiro atoms.